The van der Waals surface area contributed by atoms with Gasteiger partial charge in [-0.05, 0) is 37.3 Å². The molecule has 3 heterocycles. The third kappa shape index (κ3) is 6.58. The lowest BCUT2D eigenvalue weighted by Crippen LogP contribution is -2.44. The van der Waals surface area contributed by atoms with Gasteiger partial charge in [-0.1, -0.05) is 0 Å². The highest BCUT2D eigenvalue weighted by Crippen LogP contribution is 2.40. The number of halogens is 7. The standard InChI is InChI=1S/C28H25F7N6O3S/c1-3-41-25-13(10-37-27(39-25)38-16-8-15(29)11-36-12-16)6-18(26(41)42)17-9-20(30)22(24(32)23(17)31)19-7-14(28(33,34)35)4-5-21(19)40-45(2,43)44/h4-7,9-10,15-16,36,40H,3,8,11-12H2,1-2H3,(H,37,38,39)/t15-,16-/m0/s1. The lowest BCUT2D eigenvalue weighted by atomic mass is 9.96. The van der Waals surface area contributed by atoms with Crippen LogP contribution in [0.1, 0.15) is 18.9 Å². The number of hydrogen-bond acceptors (Lipinski definition) is 7. The number of aryl methyl sites for hydroxylation is 1. The number of sulfonamides is 1. The van der Waals surface area contributed by atoms with E-state index in [2.05, 4.69) is 20.6 Å². The van der Waals surface area contributed by atoms with Crippen LogP contribution in [-0.2, 0) is 22.7 Å². The molecular formula is C28H25F7N6O3S. The van der Waals surface area contributed by atoms with Crippen molar-refractivity contribution in [3.8, 4) is 22.3 Å². The molecule has 1 aliphatic heterocycles. The van der Waals surface area contributed by atoms with Crippen LogP contribution in [-0.4, -0.2) is 54.5 Å². The molecule has 17 heteroatoms. The molecule has 1 aliphatic rings. The summed E-state index contributed by atoms with van der Waals surface area (Å²) in [7, 11) is -4.14. The van der Waals surface area contributed by atoms with E-state index in [-0.39, 0.29) is 48.6 Å². The maximum Gasteiger partial charge on any atom is 0.416 e. The Kier molecular flexibility index (Phi) is 8.52. The summed E-state index contributed by atoms with van der Waals surface area (Å²) in [6, 6.07) is 2.65. The van der Waals surface area contributed by atoms with Crippen molar-refractivity contribution in [2.45, 2.75) is 38.3 Å². The quantitative estimate of drug-likeness (QED) is 0.188. The first-order valence-electron chi connectivity index (χ1n) is 13.5. The average Bonchev–Trinajstić information content (AvgIpc) is 2.94. The first-order chi connectivity index (χ1) is 21.1. The molecule has 0 unspecified atom stereocenters. The second-order valence-electron chi connectivity index (χ2n) is 10.5. The molecule has 240 valence electrons. The molecule has 0 saturated carbocycles. The second-order valence-corrected chi connectivity index (χ2v) is 12.2. The van der Waals surface area contributed by atoms with E-state index in [0.29, 0.717) is 31.0 Å². The van der Waals surface area contributed by atoms with Crippen LogP contribution in [0.3, 0.4) is 0 Å². The molecular weight excluding hydrogens is 633 g/mol. The van der Waals surface area contributed by atoms with Gasteiger partial charge in [-0.2, -0.15) is 18.2 Å². The van der Waals surface area contributed by atoms with E-state index in [1.165, 1.54) is 6.20 Å². The minimum Gasteiger partial charge on any atom is -0.350 e. The van der Waals surface area contributed by atoms with Crippen molar-refractivity contribution in [1.29, 1.82) is 0 Å². The fraction of sp³-hybridized carbons (Fsp3) is 0.321. The summed E-state index contributed by atoms with van der Waals surface area (Å²) in [5.74, 6) is -5.19. The molecule has 9 nitrogen and oxygen atoms in total. The number of fused-ring (bicyclic) bond motifs is 1. The van der Waals surface area contributed by atoms with E-state index in [4.69, 9.17) is 0 Å². The number of nitrogens with one attached hydrogen (secondary N) is 3. The second kappa shape index (κ2) is 11.9. The predicted molar refractivity (Wildman–Crippen MR) is 153 cm³/mol. The van der Waals surface area contributed by atoms with Gasteiger partial charge in [0.25, 0.3) is 5.56 Å². The Morgan fingerprint density at radius 2 is 1.78 bits per heavy atom. The van der Waals surface area contributed by atoms with Crippen LogP contribution in [0.15, 0.2) is 41.3 Å². The maximum atomic E-state index is 15.7. The van der Waals surface area contributed by atoms with Crippen LogP contribution in [0.5, 0.6) is 0 Å². The maximum absolute atomic E-state index is 15.7. The minimum absolute atomic E-state index is 0.00735. The van der Waals surface area contributed by atoms with Gasteiger partial charge in [-0.3, -0.25) is 14.1 Å². The van der Waals surface area contributed by atoms with Crippen molar-refractivity contribution in [3.05, 3.63) is 69.9 Å². The van der Waals surface area contributed by atoms with Crippen molar-refractivity contribution in [2.24, 2.45) is 0 Å². The van der Waals surface area contributed by atoms with Crippen LogP contribution < -0.4 is 20.9 Å². The topological polar surface area (TPSA) is 118 Å². The minimum atomic E-state index is -4.99. The SMILES string of the molecule is CCn1c(=O)c(-c2cc(F)c(-c3cc(C(F)(F)F)ccc3NS(C)(=O)=O)c(F)c2F)cc2cnc(N[C@@H]3CNC[C@@H](F)C3)nc21. The van der Waals surface area contributed by atoms with Gasteiger partial charge in [0.2, 0.25) is 16.0 Å². The first kappa shape index (κ1) is 32.2. The summed E-state index contributed by atoms with van der Waals surface area (Å²) in [4.78, 5) is 22.0. The molecule has 0 aliphatic carbocycles. The number of anilines is 2. The fourth-order valence-electron chi connectivity index (χ4n) is 5.15. The molecule has 2 aromatic heterocycles. The van der Waals surface area contributed by atoms with Gasteiger partial charge in [0.1, 0.15) is 17.6 Å². The zero-order chi connectivity index (χ0) is 32.8. The van der Waals surface area contributed by atoms with E-state index in [0.717, 1.165) is 10.6 Å². The van der Waals surface area contributed by atoms with E-state index in [1.807, 2.05) is 4.72 Å². The third-order valence-corrected chi connectivity index (χ3v) is 7.72. The van der Waals surface area contributed by atoms with Crippen molar-refractivity contribution in [3.63, 3.8) is 0 Å². The Balaban J connectivity index is 1.63. The Morgan fingerprint density at radius 1 is 1.04 bits per heavy atom. The summed E-state index contributed by atoms with van der Waals surface area (Å²) < 4.78 is 128. The third-order valence-electron chi connectivity index (χ3n) is 7.13. The Morgan fingerprint density at radius 3 is 2.42 bits per heavy atom. The average molecular weight is 659 g/mol. The fourth-order valence-corrected chi connectivity index (χ4v) is 5.73. The van der Waals surface area contributed by atoms with Gasteiger partial charge in [0.15, 0.2) is 11.6 Å². The van der Waals surface area contributed by atoms with E-state index >= 15 is 13.2 Å². The number of nitrogens with zero attached hydrogens (tertiary/aromatic N) is 3. The Bertz CT molecular complexity index is 1970. The normalized spacial score (nSPS) is 17.4. The van der Waals surface area contributed by atoms with E-state index < -0.39 is 78.9 Å². The van der Waals surface area contributed by atoms with Crippen LogP contribution in [0.25, 0.3) is 33.3 Å². The lowest BCUT2D eigenvalue weighted by Gasteiger charge is -2.26. The molecule has 2 aromatic carbocycles. The predicted octanol–water partition coefficient (Wildman–Crippen LogP) is 5.06. The van der Waals surface area contributed by atoms with Gasteiger partial charge in [-0.25, -0.2) is 31.0 Å². The highest BCUT2D eigenvalue weighted by Gasteiger charge is 2.33. The van der Waals surface area contributed by atoms with Crippen LogP contribution in [0.4, 0.5) is 42.4 Å². The summed E-state index contributed by atoms with van der Waals surface area (Å²) in [6.07, 6.45) is -3.91. The smallest absolute Gasteiger partial charge is 0.350 e. The van der Waals surface area contributed by atoms with Gasteiger partial charge in [0, 0.05) is 54.8 Å². The van der Waals surface area contributed by atoms with E-state index in [9.17, 15) is 30.8 Å². The highest BCUT2D eigenvalue weighted by atomic mass is 32.2. The van der Waals surface area contributed by atoms with Gasteiger partial charge in [-0.15, -0.1) is 0 Å². The van der Waals surface area contributed by atoms with Crippen molar-refractivity contribution >= 4 is 32.7 Å². The number of rotatable bonds is 7. The number of aromatic nitrogens is 3. The van der Waals surface area contributed by atoms with Crippen molar-refractivity contribution < 1.29 is 39.2 Å². The molecule has 0 radical (unpaired) electrons. The highest BCUT2D eigenvalue weighted by molar-refractivity contribution is 7.92. The monoisotopic (exact) mass is 658 g/mol. The summed E-state index contributed by atoms with van der Waals surface area (Å²) in [6.45, 7) is 2.22. The Hall–Kier alpha value is -4.25. The number of hydrogen-bond donors (Lipinski definition) is 3. The summed E-state index contributed by atoms with van der Waals surface area (Å²) in [5.41, 5.74) is -6.33. The van der Waals surface area contributed by atoms with Gasteiger partial charge < -0.3 is 10.6 Å². The van der Waals surface area contributed by atoms with Gasteiger partial charge in [0.05, 0.1) is 28.6 Å². The molecule has 0 amide bonds. The summed E-state index contributed by atoms with van der Waals surface area (Å²) >= 11 is 0. The molecule has 4 aromatic rings. The molecule has 1 saturated heterocycles. The van der Waals surface area contributed by atoms with E-state index in [1.54, 1.807) is 6.92 Å². The molecule has 0 bridgehead atoms. The van der Waals surface area contributed by atoms with Crippen LogP contribution in [0, 0.1) is 17.5 Å². The van der Waals surface area contributed by atoms with Crippen LogP contribution in [0.2, 0.25) is 0 Å². The zero-order valence-corrected chi connectivity index (χ0v) is 24.4. The van der Waals surface area contributed by atoms with Gasteiger partial charge >= 0.3 is 6.18 Å². The number of alkyl halides is 4. The number of benzene rings is 2. The van der Waals surface area contributed by atoms with Crippen molar-refractivity contribution in [1.82, 2.24) is 19.9 Å². The number of piperidine rings is 1. The Labute approximate surface area is 251 Å². The molecule has 0 spiro atoms. The lowest BCUT2D eigenvalue weighted by molar-refractivity contribution is -0.137. The van der Waals surface area contributed by atoms with Crippen LogP contribution >= 0.6 is 0 Å². The first-order valence-corrected chi connectivity index (χ1v) is 15.4. The molecule has 3 N–H and O–H groups in total. The summed E-state index contributed by atoms with van der Waals surface area (Å²) in [5, 5.41) is 6.09. The van der Waals surface area contributed by atoms with Crippen molar-refractivity contribution in [2.75, 3.05) is 29.4 Å². The molecule has 1 fully saturated rings. The number of pyridine rings is 1. The molecule has 2 atom stereocenters. The zero-order valence-electron chi connectivity index (χ0n) is 23.6. The largest absolute Gasteiger partial charge is 0.416 e. The molecule has 5 rings (SSSR count). The molecule has 45 heavy (non-hydrogen) atoms.